The average molecular weight is 336 g/mol. The largest absolute Gasteiger partial charge is 0.497 e. The minimum absolute atomic E-state index is 0.312. The summed E-state index contributed by atoms with van der Waals surface area (Å²) in [6.07, 6.45) is -0.721. The lowest BCUT2D eigenvalue weighted by Gasteiger charge is -2.17. The molecule has 0 fully saturated rings. The van der Waals surface area contributed by atoms with Gasteiger partial charge < -0.3 is 19.5 Å². The van der Waals surface area contributed by atoms with Gasteiger partial charge in [-0.05, 0) is 31.2 Å². The van der Waals surface area contributed by atoms with Gasteiger partial charge in [0.2, 0.25) is 0 Å². The highest BCUT2D eigenvalue weighted by atomic mass is 35.5. The van der Waals surface area contributed by atoms with Crippen LogP contribution in [0, 0.1) is 0 Å². The van der Waals surface area contributed by atoms with Crippen molar-refractivity contribution in [2.75, 3.05) is 19.5 Å². The van der Waals surface area contributed by atoms with Crippen molar-refractivity contribution in [1.82, 2.24) is 0 Å². The Morgan fingerprint density at radius 2 is 1.83 bits per heavy atom. The lowest BCUT2D eigenvalue weighted by molar-refractivity contribution is -0.122. The average Bonchev–Trinajstić information content (AvgIpc) is 2.57. The quantitative estimate of drug-likeness (QED) is 0.873. The van der Waals surface area contributed by atoms with E-state index < -0.39 is 6.10 Å². The molecule has 0 bridgehead atoms. The van der Waals surface area contributed by atoms with Gasteiger partial charge >= 0.3 is 0 Å². The van der Waals surface area contributed by atoms with Gasteiger partial charge in [-0.3, -0.25) is 4.79 Å². The van der Waals surface area contributed by atoms with E-state index in [-0.39, 0.29) is 5.91 Å². The molecule has 2 aromatic rings. The maximum atomic E-state index is 12.3. The Morgan fingerprint density at radius 1 is 1.09 bits per heavy atom. The summed E-state index contributed by atoms with van der Waals surface area (Å²) in [5.74, 6) is 1.29. The monoisotopic (exact) mass is 335 g/mol. The standard InChI is InChI=1S/C17H18ClNO4/c1-11(23-15-7-5-4-6-13(15)18)17(20)19-14-9-8-12(21-2)10-16(14)22-3/h4-11H,1-3H3,(H,19,20). The summed E-state index contributed by atoms with van der Waals surface area (Å²) in [6, 6.07) is 12.1. The molecule has 0 spiro atoms. The first-order chi connectivity index (χ1) is 11.0. The van der Waals surface area contributed by atoms with Crippen LogP contribution >= 0.6 is 11.6 Å². The molecular formula is C17H18ClNO4. The predicted octanol–water partition coefficient (Wildman–Crippen LogP) is 3.76. The summed E-state index contributed by atoms with van der Waals surface area (Å²) >= 11 is 6.02. The fourth-order valence-corrected chi connectivity index (χ4v) is 2.10. The number of para-hydroxylation sites is 1. The molecule has 0 aromatic heterocycles. The van der Waals surface area contributed by atoms with E-state index in [4.69, 9.17) is 25.8 Å². The minimum atomic E-state index is -0.721. The lowest BCUT2D eigenvalue weighted by atomic mass is 10.2. The number of carbonyl (C=O) groups is 1. The molecule has 1 atom stereocenters. The van der Waals surface area contributed by atoms with Gasteiger partial charge in [-0.15, -0.1) is 0 Å². The molecule has 0 aliphatic rings. The number of benzene rings is 2. The molecule has 0 aliphatic heterocycles. The number of rotatable bonds is 6. The first kappa shape index (κ1) is 17.0. The van der Waals surface area contributed by atoms with Gasteiger partial charge in [0.1, 0.15) is 17.2 Å². The zero-order valence-corrected chi connectivity index (χ0v) is 13.9. The third-order valence-corrected chi connectivity index (χ3v) is 3.49. The van der Waals surface area contributed by atoms with Crippen LogP contribution in [0.3, 0.4) is 0 Å². The topological polar surface area (TPSA) is 56.8 Å². The van der Waals surface area contributed by atoms with Crippen molar-refractivity contribution in [2.24, 2.45) is 0 Å². The van der Waals surface area contributed by atoms with Gasteiger partial charge in [0.05, 0.1) is 24.9 Å². The number of amides is 1. The third-order valence-electron chi connectivity index (χ3n) is 3.18. The van der Waals surface area contributed by atoms with E-state index in [9.17, 15) is 4.79 Å². The van der Waals surface area contributed by atoms with Crippen molar-refractivity contribution in [1.29, 1.82) is 0 Å². The molecule has 0 aliphatic carbocycles. The van der Waals surface area contributed by atoms with Crippen LogP contribution in [0.4, 0.5) is 5.69 Å². The molecule has 1 amide bonds. The van der Waals surface area contributed by atoms with Crippen LogP contribution in [-0.2, 0) is 4.79 Å². The molecule has 122 valence electrons. The Kier molecular flexibility index (Phi) is 5.71. The molecular weight excluding hydrogens is 318 g/mol. The van der Waals surface area contributed by atoms with E-state index >= 15 is 0 Å². The Hall–Kier alpha value is -2.40. The number of nitrogens with one attached hydrogen (secondary N) is 1. The van der Waals surface area contributed by atoms with Gasteiger partial charge in [-0.2, -0.15) is 0 Å². The van der Waals surface area contributed by atoms with Crippen molar-refractivity contribution in [3.05, 3.63) is 47.5 Å². The Bertz CT molecular complexity index is 690. The van der Waals surface area contributed by atoms with Crippen LogP contribution in [-0.4, -0.2) is 26.2 Å². The Morgan fingerprint density at radius 3 is 2.48 bits per heavy atom. The summed E-state index contributed by atoms with van der Waals surface area (Å²) in [5, 5.41) is 3.22. The third kappa shape index (κ3) is 4.29. The second-order valence-electron chi connectivity index (χ2n) is 4.75. The van der Waals surface area contributed by atoms with Crippen molar-refractivity contribution < 1.29 is 19.0 Å². The molecule has 0 heterocycles. The van der Waals surface area contributed by atoms with Crippen LogP contribution in [0.25, 0.3) is 0 Å². The summed E-state index contributed by atoms with van der Waals surface area (Å²) in [4.78, 5) is 12.3. The van der Waals surface area contributed by atoms with E-state index in [1.165, 1.54) is 7.11 Å². The van der Waals surface area contributed by atoms with Gasteiger partial charge in [0, 0.05) is 6.07 Å². The zero-order chi connectivity index (χ0) is 16.8. The predicted molar refractivity (Wildman–Crippen MR) is 89.7 cm³/mol. The normalized spacial score (nSPS) is 11.5. The fourth-order valence-electron chi connectivity index (χ4n) is 1.92. The van der Waals surface area contributed by atoms with Crippen LogP contribution in [0.1, 0.15) is 6.92 Å². The van der Waals surface area contributed by atoms with Crippen molar-refractivity contribution in [3.63, 3.8) is 0 Å². The molecule has 23 heavy (non-hydrogen) atoms. The molecule has 2 aromatic carbocycles. The molecule has 0 saturated carbocycles. The highest BCUT2D eigenvalue weighted by Gasteiger charge is 2.18. The second-order valence-corrected chi connectivity index (χ2v) is 5.15. The molecule has 0 radical (unpaired) electrons. The van der Waals surface area contributed by atoms with Gasteiger partial charge in [0.25, 0.3) is 5.91 Å². The summed E-state index contributed by atoms with van der Waals surface area (Å²) < 4.78 is 16.0. The molecule has 0 saturated heterocycles. The van der Waals surface area contributed by atoms with Crippen LogP contribution < -0.4 is 19.5 Å². The lowest BCUT2D eigenvalue weighted by Crippen LogP contribution is -2.30. The SMILES string of the molecule is COc1ccc(NC(=O)C(C)Oc2ccccc2Cl)c(OC)c1. The first-order valence-corrected chi connectivity index (χ1v) is 7.37. The number of methoxy groups -OCH3 is 2. The Labute approximate surface area is 140 Å². The first-order valence-electron chi connectivity index (χ1n) is 6.99. The zero-order valence-electron chi connectivity index (χ0n) is 13.1. The highest BCUT2D eigenvalue weighted by molar-refractivity contribution is 6.32. The van der Waals surface area contributed by atoms with Crippen LogP contribution in [0.2, 0.25) is 5.02 Å². The second kappa shape index (κ2) is 7.74. The minimum Gasteiger partial charge on any atom is -0.497 e. The maximum absolute atomic E-state index is 12.3. The van der Waals surface area contributed by atoms with Crippen LogP contribution in [0.5, 0.6) is 17.2 Å². The summed E-state index contributed by atoms with van der Waals surface area (Å²) in [5.41, 5.74) is 0.535. The number of ether oxygens (including phenoxy) is 3. The number of halogens is 1. The number of carbonyl (C=O) groups excluding carboxylic acids is 1. The molecule has 1 N–H and O–H groups in total. The summed E-state index contributed by atoms with van der Waals surface area (Å²) in [6.45, 7) is 1.65. The van der Waals surface area contributed by atoms with Gasteiger partial charge in [0.15, 0.2) is 6.10 Å². The molecule has 5 nitrogen and oxygen atoms in total. The summed E-state index contributed by atoms with van der Waals surface area (Å²) in [7, 11) is 3.08. The highest BCUT2D eigenvalue weighted by Crippen LogP contribution is 2.29. The smallest absolute Gasteiger partial charge is 0.265 e. The maximum Gasteiger partial charge on any atom is 0.265 e. The fraction of sp³-hybridized carbons (Fsp3) is 0.235. The molecule has 6 heteroatoms. The molecule has 2 rings (SSSR count). The van der Waals surface area contributed by atoms with Crippen molar-refractivity contribution >= 4 is 23.2 Å². The van der Waals surface area contributed by atoms with Crippen molar-refractivity contribution in [2.45, 2.75) is 13.0 Å². The number of hydrogen-bond donors (Lipinski definition) is 1. The van der Waals surface area contributed by atoms with E-state index in [0.29, 0.717) is 28.0 Å². The van der Waals surface area contributed by atoms with E-state index in [1.807, 2.05) is 0 Å². The molecule has 1 unspecified atom stereocenters. The van der Waals surface area contributed by atoms with Gasteiger partial charge in [-0.25, -0.2) is 0 Å². The van der Waals surface area contributed by atoms with Gasteiger partial charge in [-0.1, -0.05) is 23.7 Å². The van der Waals surface area contributed by atoms with Crippen LogP contribution in [0.15, 0.2) is 42.5 Å². The Balaban J connectivity index is 2.08. The number of anilines is 1. The van der Waals surface area contributed by atoms with E-state index in [2.05, 4.69) is 5.32 Å². The van der Waals surface area contributed by atoms with E-state index in [1.54, 1.807) is 56.5 Å². The van der Waals surface area contributed by atoms with Crippen molar-refractivity contribution in [3.8, 4) is 17.2 Å². The number of hydrogen-bond acceptors (Lipinski definition) is 4. The van der Waals surface area contributed by atoms with E-state index in [0.717, 1.165) is 0 Å².